The molecule has 2 aromatic heterocycles. The maximum atomic E-state index is 5.95. The Labute approximate surface area is 103 Å². The molecule has 2 N–H and O–H groups in total. The van der Waals surface area contributed by atoms with Gasteiger partial charge < -0.3 is 14.9 Å². The second-order valence-electron chi connectivity index (χ2n) is 3.80. The number of hydrogen-bond donors (Lipinski definition) is 1. The van der Waals surface area contributed by atoms with Crippen LogP contribution in [0.4, 0.5) is 5.69 Å². The second-order valence-corrected chi connectivity index (χ2v) is 3.80. The monoisotopic (exact) mass is 241 g/mol. The molecule has 0 amide bonds. The van der Waals surface area contributed by atoms with Crippen molar-refractivity contribution in [3.8, 4) is 17.2 Å². The minimum atomic E-state index is 0.462. The van der Waals surface area contributed by atoms with Crippen molar-refractivity contribution in [1.82, 2.24) is 9.97 Å². The van der Waals surface area contributed by atoms with E-state index in [1.54, 1.807) is 25.4 Å². The van der Waals surface area contributed by atoms with Crippen LogP contribution >= 0.6 is 0 Å². The van der Waals surface area contributed by atoms with Crippen LogP contribution in [0.1, 0.15) is 0 Å². The van der Waals surface area contributed by atoms with Gasteiger partial charge in [-0.15, -0.1) is 0 Å². The average molecular weight is 241 g/mol. The van der Waals surface area contributed by atoms with Gasteiger partial charge in [0.05, 0.1) is 12.7 Å². The van der Waals surface area contributed by atoms with Crippen LogP contribution < -0.4 is 10.5 Å². The van der Waals surface area contributed by atoms with E-state index < -0.39 is 0 Å². The number of ether oxygens (including phenoxy) is 1. The molecule has 3 rings (SSSR count). The molecule has 5 nitrogen and oxygen atoms in total. The Balaban J connectivity index is 2.14. The van der Waals surface area contributed by atoms with Crippen LogP contribution in [0.3, 0.4) is 0 Å². The van der Waals surface area contributed by atoms with Gasteiger partial charge in [-0.3, -0.25) is 0 Å². The lowest BCUT2D eigenvalue weighted by Crippen LogP contribution is -1.92. The molecule has 5 heteroatoms. The molecule has 0 atom stereocenters. The number of rotatable bonds is 2. The first-order valence-electron chi connectivity index (χ1n) is 5.43. The van der Waals surface area contributed by atoms with Crippen molar-refractivity contribution in [2.75, 3.05) is 12.8 Å². The summed E-state index contributed by atoms with van der Waals surface area (Å²) in [4.78, 5) is 8.42. The van der Waals surface area contributed by atoms with Crippen LogP contribution in [-0.2, 0) is 0 Å². The summed E-state index contributed by atoms with van der Waals surface area (Å²) in [7, 11) is 1.60. The first-order chi connectivity index (χ1) is 8.78. The van der Waals surface area contributed by atoms with Crippen molar-refractivity contribution < 1.29 is 9.15 Å². The van der Waals surface area contributed by atoms with Gasteiger partial charge in [-0.1, -0.05) is 0 Å². The fourth-order valence-corrected chi connectivity index (χ4v) is 1.75. The molecular weight excluding hydrogens is 230 g/mol. The highest BCUT2D eigenvalue weighted by Crippen LogP contribution is 2.30. The number of nitrogens with two attached hydrogens (primary N) is 1. The van der Waals surface area contributed by atoms with E-state index >= 15 is 0 Å². The molecule has 0 radical (unpaired) electrons. The number of oxazole rings is 1. The number of methoxy groups -OCH3 is 1. The summed E-state index contributed by atoms with van der Waals surface area (Å²) in [6.07, 6.45) is 1.67. The highest BCUT2D eigenvalue weighted by atomic mass is 16.5. The van der Waals surface area contributed by atoms with Crippen molar-refractivity contribution in [1.29, 1.82) is 0 Å². The third-order valence-corrected chi connectivity index (χ3v) is 2.65. The Bertz CT molecular complexity index is 673. The SMILES string of the molecule is COc1ccc(-c2nc3ncccc3o2)c(N)c1. The lowest BCUT2D eigenvalue weighted by Gasteiger charge is -2.04. The Morgan fingerprint density at radius 2 is 2.17 bits per heavy atom. The van der Waals surface area contributed by atoms with E-state index in [-0.39, 0.29) is 0 Å². The first kappa shape index (κ1) is 10.6. The van der Waals surface area contributed by atoms with Crippen LogP contribution in [0.25, 0.3) is 22.7 Å². The van der Waals surface area contributed by atoms with Gasteiger partial charge in [0.2, 0.25) is 5.89 Å². The zero-order chi connectivity index (χ0) is 12.5. The van der Waals surface area contributed by atoms with Crippen LogP contribution in [0.2, 0.25) is 0 Å². The molecule has 0 bridgehead atoms. The van der Waals surface area contributed by atoms with E-state index in [1.165, 1.54) is 0 Å². The van der Waals surface area contributed by atoms with E-state index in [1.807, 2.05) is 18.2 Å². The summed E-state index contributed by atoms with van der Waals surface area (Å²) in [5, 5.41) is 0. The predicted octanol–water partition coefficient (Wildman–Crippen LogP) is 2.48. The van der Waals surface area contributed by atoms with E-state index in [0.29, 0.717) is 28.6 Å². The molecule has 0 saturated heterocycles. The normalized spacial score (nSPS) is 10.7. The van der Waals surface area contributed by atoms with Gasteiger partial charge in [0, 0.05) is 18.0 Å². The number of benzene rings is 1. The van der Waals surface area contributed by atoms with Crippen LogP contribution in [0, 0.1) is 0 Å². The summed E-state index contributed by atoms with van der Waals surface area (Å²) in [6, 6.07) is 8.98. The Morgan fingerprint density at radius 1 is 1.28 bits per heavy atom. The number of hydrogen-bond acceptors (Lipinski definition) is 5. The minimum absolute atomic E-state index is 0.462. The number of nitrogens with zero attached hydrogens (tertiary/aromatic N) is 2. The lowest BCUT2D eigenvalue weighted by molar-refractivity contribution is 0.415. The molecule has 2 heterocycles. The van der Waals surface area contributed by atoms with Gasteiger partial charge in [-0.05, 0) is 24.3 Å². The maximum absolute atomic E-state index is 5.95. The van der Waals surface area contributed by atoms with Gasteiger partial charge in [0.1, 0.15) is 5.75 Å². The molecule has 0 aliphatic heterocycles. The summed E-state index contributed by atoms with van der Waals surface area (Å²) in [5.41, 5.74) is 8.45. The summed E-state index contributed by atoms with van der Waals surface area (Å²) in [6.45, 7) is 0. The molecule has 18 heavy (non-hydrogen) atoms. The van der Waals surface area contributed by atoms with Gasteiger partial charge in [-0.2, -0.15) is 4.98 Å². The predicted molar refractivity (Wildman–Crippen MR) is 68.2 cm³/mol. The number of anilines is 1. The summed E-state index contributed by atoms with van der Waals surface area (Å²) < 4.78 is 10.7. The Hall–Kier alpha value is -2.56. The van der Waals surface area contributed by atoms with Crippen LogP contribution in [0.15, 0.2) is 40.9 Å². The highest BCUT2D eigenvalue weighted by Gasteiger charge is 2.11. The third-order valence-electron chi connectivity index (χ3n) is 2.65. The number of pyridine rings is 1. The van der Waals surface area contributed by atoms with Gasteiger partial charge >= 0.3 is 0 Å². The molecule has 1 aromatic carbocycles. The first-order valence-corrected chi connectivity index (χ1v) is 5.43. The third kappa shape index (κ3) is 1.66. The maximum Gasteiger partial charge on any atom is 0.230 e. The molecule has 0 saturated carbocycles. The molecule has 0 unspecified atom stereocenters. The topological polar surface area (TPSA) is 74.2 Å². The van der Waals surface area contributed by atoms with Crippen molar-refractivity contribution in [3.63, 3.8) is 0 Å². The van der Waals surface area contributed by atoms with E-state index in [2.05, 4.69) is 9.97 Å². The van der Waals surface area contributed by atoms with Gasteiger partial charge in [-0.25, -0.2) is 4.98 Å². The smallest absolute Gasteiger partial charge is 0.230 e. The fraction of sp³-hybridized carbons (Fsp3) is 0.0769. The van der Waals surface area contributed by atoms with Gasteiger partial charge in [0.15, 0.2) is 11.2 Å². The summed E-state index contributed by atoms with van der Waals surface area (Å²) >= 11 is 0. The zero-order valence-corrected chi connectivity index (χ0v) is 9.75. The lowest BCUT2D eigenvalue weighted by atomic mass is 10.2. The quantitative estimate of drug-likeness (QED) is 0.697. The van der Waals surface area contributed by atoms with Crippen molar-refractivity contribution in [2.45, 2.75) is 0 Å². The van der Waals surface area contributed by atoms with E-state index in [0.717, 1.165) is 5.56 Å². The van der Waals surface area contributed by atoms with Gasteiger partial charge in [0.25, 0.3) is 0 Å². The largest absolute Gasteiger partial charge is 0.497 e. The van der Waals surface area contributed by atoms with Crippen LogP contribution in [0.5, 0.6) is 5.75 Å². The highest BCUT2D eigenvalue weighted by molar-refractivity contribution is 5.77. The minimum Gasteiger partial charge on any atom is -0.497 e. The Kier molecular flexibility index (Phi) is 2.37. The van der Waals surface area contributed by atoms with Crippen molar-refractivity contribution >= 4 is 16.9 Å². The summed E-state index contributed by atoms with van der Waals surface area (Å²) in [5.74, 6) is 1.16. The Morgan fingerprint density at radius 3 is 2.89 bits per heavy atom. The second kappa shape index (κ2) is 4.03. The average Bonchev–Trinajstić information content (AvgIpc) is 2.81. The molecule has 0 aliphatic rings. The van der Waals surface area contributed by atoms with E-state index in [4.69, 9.17) is 14.9 Å². The number of aromatic nitrogens is 2. The van der Waals surface area contributed by atoms with Crippen molar-refractivity contribution in [3.05, 3.63) is 36.5 Å². The van der Waals surface area contributed by atoms with Crippen molar-refractivity contribution in [2.24, 2.45) is 0 Å². The number of fused-ring (bicyclic) bond motifs is 1. The fourth-order valence-electron chi connectivity index (χ4n) is 1.75. The zero-order valence-electron chi connectivity index (χ0n) is 9.75. The van der Waals surface area contributed by atoms with Crippen LogP contribution in [-0.4, -0.2) is 17.1 Å². The van der Waals surface area contributed by atoms with E-state index in [9.17, 15) is 0 Å². The molecule has 0 spiro atoms. The number of nitrogen functional groups attached to an aromatic ring is 1. The molecule has 90 valence electrons. The molecular formula is C13H11N3O2. The standard InChI is InChI=1S/C13H11N3O2/c1-17-8-4-5-9(10(14)7-8)13-16-12-11(18-13)3-2-6-15-12/h2-7H,14H2,1H3. The molecule has 0 aliphatic carbocycles. The molecule has 3 aromatic rings. The molecule has 0 fully saturated rings.